The largest absolute Gasteiger partial charge is 0.326 e. The zero-order valence-electron chi connectivity index (χ0n) is 11.1. The first-order valence-electron chi connectivity index (χ1n) is 6.51. The van der Waals surface area contributed by atoms with Gasteiger partial charge in [-0.2, -0.15) is 0 Å². The van der Waals surface area contributed by atoms with Gasteiger partial charge in [0, 0.05) is 16.8 Å². The maximum Gasteiger partial charge on any atom is 0.226 e. The van der Waals surface area contributed by atoms with Crippen LogP contribution >= 0.6 is 11.3 Å². The van der Waals surface area contributed by atoms with Crippen LogP contribution in [0.2, 0.25) is 0 Å². The third-order valence-corrected chi connectivity index (χ3v) is 4.16. The minimum Gasteiger partial charge on any atom is -0.326 e. The van der Waals surface area contributed by atoms with Gasteiger partial charge in [-0.1, -0.05) is 0 Å². The average molecular weight is 267 g/mol. The second-order valence-electron chi connectivity index (χ2n) is 5.63. The molecule has 1 aliphatic rings. The van der Waals surface area contributed by atoms with Gasteiger partial charge >= 0.3 is 0 Å². The Hall–Kier alpha value is -0.940. The van der Waals surface area contributed by atoms with Gasteiger partial charge in [0.1, 0.15) is 0 Å². The van der Waals surface area contributed by atoms with E-state index in [-0.39, 0.29) is 11.4 Å². The summed E-state index contributed by atoms with van der Waals surface area (Å²) in [6.45, 7) is 3.87. The van der Waals surface area contributed by atoms with Crippen LogP contribution in [-0.2, 0) is 17.6 Å². The lowest BCUT2D eigenvalue weighted by Gasteiger charge is -2.17. The molecule has 0 unspecified atom stereocenters. The summed E-state index contributed by atoms with van der Waals surface area (Å²) >= 11 is 1.62. The zero-order chi connectivity index (χ0) is 13.2. The Balaban J connectivity index is 1.89. The quantitative estimate of drug-likeness (QED) is 0.880. The number of thiazole rings is 1. The van der Waals surface area contributed by atoms with Gasteiger partial charge in [-0.05, 0) is 46.0 Å². The van der Waals surface area contributed by atoms with Crippen LogP contribution in [0.5, 0.6) is 0 Å². The summed E-state index contributed by atoms with van der Waals surface area (Å²) in [6.07, 6.45) is 5.75. The zero-order valence-corrected chi connectivity index (χ0v) is 11.9. The molecule has 4 nitrogen and oxygen atoms in total. The number of hydrogen-bond donors (Lipinski definition) is 2. The maximum absolute atomic E-state index is 11.8. The lowest BCUT2D eigenvalue weighted by Crippen LogP contribution is -2.33. The highest BCUT2D eigenvalue weighted by molar-refractivity contribution is 7.15. The molecule has 0 spiro atoms. The van der Waals surface area contributed by atoms with Crippen LogP contribution in [-0.4, -0.2) is 16.4 Å². The van der Waals surface area contributed by atoms with Gasteiger partial charge in [0.15, 0.2) is 5.13 Å². The topological polar surface area (TPSA) is 68.0 Å². The molecular weight excluding hydrogens is 246 g/mol. The van der Waals surface area contributed by atoms with Crippen molar-refractivity contribution in [3.63, 3.8) is 0 Å². The fraction of sp³-hybridized carbons (Fsp3) is 0.692. The molecule has 1 aromatic heterocycles. The van der Waals surface area contributed by atoms with Gasteiger partial charge in [0.2, 0.25) is 5.91 Å². The number of anilines is 1. The van der Waals surface area contributed by atoms with E-state index in [2.05, 4.69) is 10.3 Å². The van der Waals surface area contributed by atoms with E-state index in [4.69, 9.17) is 5.73 Å². The van der Waals surface area contributed by atoms with E-state index in [0.717, 1.165) is 18.0 Å². The highest BCUT2D eigenvalue weighted by Gasteiger charge is 2.17. The van der Waals surface area contributed by atoms with E-state index in [1.165, 1.54) is 23.4 Å². The number of nitrogens with zero attached hydrogens (tertiary/aromatic N) is 1. The number of nitrogens with one attached hydrogen (secondary N) is 1. The fourth-order valence-electron chi connectivity index (χ4n) is 2.02. The van der Waals surface area contributed by atoms with Crippen molar-refractivity contribution in [2.45, 2.75) is 57.9 Å². The number of aryl methyl sites for hydroxylation is 2. The van der Waals surface area contributed by atoms with Crippen molar-refractivity contribution in [3.05, 3.63) is 10.6 Å². The molecule has 0 aliphatic heterocycles. The summed E-state index contributed by atoms with van der Waals surface area (Å²) in [7, 11) is 0. The molecule has 0 aromatic carbocycles. The normalized spacial score (nSPS) is 15.3. The van der Waals surface area contributed by atoms with Crippen molar-refractivity contribution in [2.24, 2.45) is 5.73 Å². The number of nitrogens with two attached hydrogens (primary N) is 1. The number of carbonyl (C=O) groups excluding carboxylic acids is 1. The van der Waals surface area contributed by atoms with Crippen LogP contribution in [0.15, 0.2) is 0 Å². The van der Waals surface area contributed by atoms with Crippen LogP contribution in [0.1, 0.15) is 50.1 Å². The molecule has 1 aliphatic carbocycles. The van der Waals surface area contributed by atoms with E-state index >= 15 is 0 Å². The monoisotopic (exact) mass is 267 g/mol. The van der Waals surface area contributed by atoms with E-state index in [9.17, 15) is 4.79 Å². The first-order chi connectivity index (χ1) is 8.44. The third-order valence-electron chi connectivity index (χ3n) is 3.09. The SMILES string of the molecule is CC(C)(N)CCC(=O)Nc1nc2c(s1)CCCC2. The molecule has 0 radical (unpaired) electrons. The summed E-state index contributed by atoms with van der Waals surface area (Å²) < 4.78 is 0. The predicted molar refractivity (Wildman–Crippen MR) is 74.9 cm³/mol. The lowest BCUT2D eigenvalue weighted by molar-refractivity contribution is -0.116. The molecular formula is C13H21N3OS. The second kappa shape index (κ2) is 5.36. The highest BCUT2D eigenvalue weighted by atomic mass is 32.1. The molecule has 0 saturated carbocycles. The predicted octanol–water partition coefficient (Wildman–Crippen LogP) is 2.48. The highest BCUT2D eigenvalue weighted by Crippen LogP contribution is 2.29. The van der Waals surface area contributed by atoms with Crippen LogP contribution in [0, 0.1) is 0 Å². The second-order valence-corrected chi connectivity index (χ2v) is 6.72. The first-order valence-corrected chi connectivity index (χ1v) is 7.33. The Labute approximate surface area is 112 Å². The minimum atomic E-state index is -0.292. The van der Waals surface area contributed by atoms with Gasteiger partial charge < -0.3 is 11.1 Å². The number of rotatable bonds is 4. The standard InChI is InChI=1S/C13H21N3OS/c1-13(2,14)8-7-11(17)16-12-15-9-5-3-4-6-10(9)18-12/h3-8,14H2,1-2H3,(H,15,16,17). The number of aromatic nitrogens is 1. The Bertz CT molecular complexity index is 410. The van der Waals surface area contributed by atoms with Crippen molar-refractivity contribution < 1.29 is 4.79 Å². The lowest BCUT2D eigenvalue weighted by atomic mass is 10.00. The molecule has 1 amide bonds. The van der Waals surface area contributed by atoms with Gasteiger partial charge in [0.25, 0.3) is 0 Å². The summed E-state index contributed by atoms with van der Waals surface area (Å²) in [5.41, 5.74) is 6.75. The van der Waals surface area contributed by atoms with Gasteiger partial charge in [-0.25, -0.2) is 4.98 Å². The number of carbonyl (C=O) groups is 1. The molecule has 0 bridgehead atoms. The van der Waals surface area contributed by atoms with Crippen molar-refractivity contribution in [3.8, 4) is 0 Å². The Morgan fingerprint density at radius 1 is 1.44 bits per heavy atom. The number of fused-ring (bicyclic) bond motifs is 1. The third kappa shape index (κ3) is 3.78. The molecule has 0 atom stereocenters. The van der Waals surface area contributed by atoms with Gasteiger partial charge in [-0.15, -0.1) is 11.3 Å². The van der Waals surface area contributed by atoms with E-state index in [0.29, 0.717) is 12.8 Å². The average Bonchev–Trinajstić information content (AvgIpc) is 2.67. The summed E-state index contributed by atoms with van der Waals surface area (Å²) in [5, 5.41) is 3.64. The molecule has 18 heavy (non-hydrogen) atoms. The molecule has 1 heterocycles. The van der Waals surface area contributed by atoms with Gasteiger partial charge in [-0.3, -0.25) is 4.79 Å². The molecule has 5 heteroatoms. The molecule has 100 valence electrons. The van der Waals surface area contributed by atoms with Crippen LogP contribution in [0.25, 0.3) is 0 Å². The van der Waals surface area contributed by atoms with E-state index < -0.39 is 0 Å². The Morgan fingerprint density at radius 2 is 2.17 bits per heavy atom. The van der Waals surface area contributed by atoms with Crippen LogP contribution in [0.4, 0.5) is 5.13 Å². The first kappa shape index (κ1) is 13.5. The maximum atomic E-state index is 11.8. The smallest absolute Gasteiger partial charge is 0.226 e. The molecule has 3 N–H and O–H groups in total. The molecule has 2 rings (SSSR count). The Morgan fingerprint density at radius 3 is 2.83 bits per heavy atom. The number of hydrogen-bond acceptors (Lipinski definition) is 4. The summed E-state index contributed by atoms with van der Waals surface area (Å²) in [4.78, 5) is 17.6. The summed E-state index contributed by atoms with van der Waals surface area (Å²) in [6, 6.07) is 0. The van der Waals surface area contributed by atoms with E-state index in [1.807, 2.05) is 13.8 Å². The van der Waals surface area contributed by atoms with Crippen molar-refractivity contribution in [1.29, 1.82) is 0 Å². The van der Waals surface area contributed by atoms with Crippen LogP contribution < -0.4 is 11.1 Å². The summed E-state index contributed by atoms with van der Waals surface area (Å²) in [5.74, 6) is 0.0135. The molecule has 1 aromatic rings. The van der Waals surface area contributed by atoms with Gasteiger partial charge in [0.05, 0.1) is 5.69 Å². The van der Waals surface area contributed by atoms with Crippen molar-refractivity contribution in [1.82, 2.24) is 4.98 Å². The van der Waals surface area contributed by atoms with Crippen molar-refractivity contribution >= 4 is 22.4 Å². The molecule has 0 fully saturated rings. The Kier molecular flexibility index (Phi) is 4.02. The molecule has 0 saturated heterocycles. The van der Waals surface area contributed by atoms with Crippen molar-refractivity contribution in [2.75, 3.05) is 5.32 Å². The fourth-order valence-corrected chi connectivity index (χ4v) is 3.09. The van der Waals surface area contributed by atoms with E-state index in [1.54, 1.807) is 11.3 Å². The van der Waals surface area contributed by atoms with Crippen LogP contribution in [0.3, 0.4) is 0 Å². The number of amides is 1. The minimum absolute atomic E-state index is 0.0135.